The first-order valence-electron chi connectivity index (χ1n) is 10.8. The van der Waals surface area contributed by atoms with Crippen LogP contribution in [0.4, 0.5) is 5.69 Å². The van der Waals surface area contributed by atoms with Gasteiger partial charge in [0.2, 0.25) is 11.7 Å². The van der Waals surface area contributed by atoms with Gasteiger partial charge in [-0.1, -0.05) is 35.9 Å². The highest BCUT2D eigenvalue weighted by molar-refractivity contribution is 6.30. The molecule has 0 bridgehead atoms. The maximum atomic E-state index is 13.2. The molecule has 5 aromatic rings. The number of ether oxygens (including phenoxy) is 2. The number of nitrogens with one attached hydrogen (secondary N) is 1. The predicted octanol–water partition coefficient (Wildman–Crippen LogP) is 4.63. The fourth-order valence-corrected chi connectivity index (χ4v) is 4.25. The van der Waals surface area contributed by atoms with Crippen LogP contribution in [0.2, 0.25) is 5.02 Å². The van der Waals surface area contributed by atoms with Crippen LogP contribution in [0, 0.1) is 0 Å². The first-order valence-corrected chi connectivity index (χ1v) is 11.1. The molecule has 0 atom stereocenters. The lowest BCUT2D eigenvalue weighted by molar-refractivity contribution is -0.116. The molecule has 0 aliphatic heterocycles. The van der Waals surface area contributed by atoms with Gasteiger partial charge in [-0.15, -0.1) is 0 Å². The number of hydrogen-bond donors (Lipinski definition) is 1. The van der Waals surface area contributed by atoms with E-state index < -0.39 is 0 Å². The number of benzene rings is 3. The maximum absolute atomic E-state index is 13.2. The molecule has 5 rings (SSSR count). The van der Waals surface area contributed by atoms with Crippen LogP contribution >= 0.6 is 11.6 Å². The summed E-state index contributed by atoms with van der Waals surface area (Å²) < 4.78 is 13.8. The Kier molecular flexibility index (Phi) is 5.88. The lowest BCUT2D eigenvalue weighted by Crippen LogP contribution is -2.21. The summed E-state index contributed by atoms with van der Waals surface area (Å²) in [6.45, 7) is -0.0805. The van der Waals surface area contributed by atoms with Crippen molar-refractivity contribution in [1.82, 2.24) is 14.0 Å². The summed E-state index contributed by atoms with van der Waals surface area (Å²) in [5.41, 5.74) is 2.76. The van der Waals surface area contributed by atoms with Crippen LogP contribution in [-0.4, -0.2) is 34.1 Å². The van der Waals surface area contributed by atoms with E-state index in [1.54, 1.807) is 48.1 Å². The molecule has 0 fully saturated rings. The van der Waals surface area contributed by atoms with Crippen LogP contribution in [0.1, 0.15) is 0 Å². The molecule has 35 heavy (non-hydrogen) atoms. The number of carbonyl (C=O) groups excluding carboxylic acids is 1. The number of imidazole rings is 1. The van der Waals surface area contributed by atoms with E-state index in [0.29, 0.717) is 50.3 Å². The van der Waals surface area contributed by atoms with E-state index in [0.717, 1.165) is 0 Å². The maximum Gasteiger partial charge on any atom is 0.260 e. The normalized spacial score (nSPS) is 11.1. The molecule has 8 nitrogen and oxygen atoms in total. The van der Waals surface area contributed by atoms with Crippen molar-refractivity contribution in [2.75, 3.05) is 19.5 Å². The Bertz CT molecular complexity index is 1640. The molecule has 1 N–H and O–H groups in total. The number of amides is 1. The molecule has 0 saturated heterocycles. The summed E-state index contributed by atoms with van der Waals surface area (Å²) in [6.07, 6.45) is 0. The average molecular weight is 489 g/mol. The van der Waals surface area contributed by atoms with Gasteiger partial charge in [-0.05, 0) is 36.4 Å². The predicted molar refractivity (Wildman–Crippen MR) is 136 cm³/mol. The van der Waals surface area contributed by atoms with Crippen LogP contribution < -0.4 is 20.3 Å². The third-order valence-corrected chi connectivity index (χ3v) is 5.89. The van der Waals surface area contributed by atoms with E-state index in [4.69, 9.17) is 26.1 Å². The molecular weight excluding hydrogens is 468 g/mol. The minimum Gasteiger partial charge on any atom is -0.497 e. The van der Waals surface area contributed by atoms with Crippen molar-refractivity contribution in [2.24, 2.45) is 0 Å². The zero-order chi connectivity index (χ0) is 24.5. The van der Waals surface area contributed by atoms with Gasteiger partial charge in [0.05, 0.1) is 36.6 Å². The highest BCUT2D eigenvalue weighted by atomic mass is 35.5. The lowest BCUT2D eigenvalue weighted by atomic mass is 10.1. The molecule has 9 heteroatoms. The fourth-order valence-electron chi connectivity index (χ4n) is 4.06. The van der Waals surface area contributed by atoms with Gasteiger partial charge >= 0.3 is 0 Å². The number of fused-ring (bicyclic) bond motifs is 3. The number of halogens is 1. The summed E-state index contributed by atoms with van der Waals surface area (Å²) in [4.78, 5) is 31.1. The Morgan fingerprint density at radius 2 is 1.77 bits per heavy atom. The van der Waals surface area contributed by atoms with E-state index >= 15 is 0 Å². The smallest absolute Gasteiger partial charge is 0.260 e. The fraction of sp³-hybridized carbons (Fsp3) is 0.115. The molecule has 176 valence electrons. The number of anilines is 1. The summed E-state index contributed by atoms with van der Waals surface area (Å²) in [6, 6.07) is 21.1. The number of nitrogens with zero attached hydrogens (tertiary/aromatic N) is 3. The average Bonchev–Trinajstić information content (AvgIpc) is 3.17. The lowest BCUT2D eigenvalue weighted by Gasteiger charge is -2.12. The Labute approximate surface area is 205 Å². The molecule has 0 unspecified atom stereocenters. The van der Waals surface area contributed by atoms with Crippen molar-refractivity contribution in [1.29, 1.82) is 0 Å². The molecule has 0 spiro atoms. The van der Waals surface area contributed by atoms with Gasteiger partial charge in [-0.3, -0.25) is 9.59 Å². The third-order valence-electron chi connectivity index (χ3n) is 5.66. The van der Waals surface area contributed by atoms with Crippen molar-refractivity contribution >= 4 is 40.0 Å². The SMILES string of the molecule is COc1ccc(OC)c(NC(=O)Cn2c3ccccc3n3c(=O)cc(-c4cccc(Cl)c4)nc23)c1. The number of carbonyl (C=O) groups is 1. The van der Waals surface area contributed by atoms with Crippen molar-refractivity contribution in [2.45, 2.75) is 6.54 Å². The first kappa shape index (κ1) is 22.5. The summed E-state index contributed by atoms with van der Waals surface area (Å²) in [5, 5.41) is 3.41. The number of hydrogen-bond acceptors (Lipinski definition) is 5. The zero-order valence-corrected chi connectivity index (χ0v) is 19.7. The second kappa shape index (κ2) is 9.15. The highest BCUT2D eigenvalue weighted by Gasteiger charge is 2.18. The van der Waals surface area contributed by atoms with Crippen LogP contribution in [0.3, 0.4) is 0 Å². The molecule has 2 aromatic heterocycles. The summed E-state index contributed by atoms with van der Waals surface area (Å²) in [5.74, 6) is 1.11. The van der Waals surface area contributed by atoms with Crippen LogP contribution in [-0.2, 0) is 11.3 Å². The molecule has 0 aliphatic carbocycles. The van der Waals surface area contributed by atoms with E-state index in [2.05, 4.69) is 5.32 Å². The second-order valence-electron chi connectivity index (χ2n) is 7.81. The highest BCUT2D eigenvalue weighted by Crippen LogP contribution is 2.29. The van der Waals surface area contributed by atoms with Crippen molar-refractivity contribution in [3.05, 3.63) is 88.2 Å². The number of methoxy groups -OCH3 is 2. The van der Waals surface area contributed by atoms with Crippen LogP contribution in [0.5, 0.6) is 11.5 Å². The molecule has 1 amide bonds. The molecular formula is C26H21ClN4O4. The minimum absolute atomic E-state index is 0.0805. The Hall–Kier alpha value is -4.30. The van der Waals surface area contributed by atoms with E-state index in [1.807, 2.05) is 30.3 Å². The number of para-hydroxylation sites is 2. The Balaban J connectivity index is 1.61. The Morgan fingerprint density at radius 3 is 2.51 bits per heavy atom. The molecule has 3 aromatic carbocycles. The number of aromatic nitrogens is 3. The van der Waals surface area contributed by atoms with Gasteiger partial charge in [-0.25, -0.2) is 9.38 Å². The first-order chi connectivity index (χ1) is 17.0. The minimum atomic E-state index is -0.317. The largest absolute Gasteiger partial charge is 0.497 e. The quantitative estimate of drug-likeness (QED) is 0.376. The van der Waals surface area contributed by atoms with Gasteiger partial charge in [0.1, 0.15) is 18.0 Å². The van der Waals surface area contributed by atoms with E-state index in [1.165, 1.54) is 17.6 Å². The second-order valence-corrected chi connectivity index (χ2v) is 8.25. The van der Waals surface area contributed by atoms with Gasteiger partial charge < -0.3 is 19.4 Å². The van der Waals surface area contributed by atoms with Gasteiger partial charge in [-0.2, -0.15) is 0 Å². The molecule has 0 aliphatic rings. The van der Waals surface area contributed by atoms with Crippen molar-refractivity contribution in [3.8, 4) is 22.8 Å². The van der Waals surface area contributed by atoms with E-state index in [9.17, 15) is 9.59 Å². The van der Waals surface area contributed by atoms with Gasteiger partial charge in [0, 0.05) is 22.7 Å². The molecule has 0 radical (unpaired) electrons. The van der Waals surface area contributed by atoms with Crippen molar-refractivity contribution < 1.29 is 14.3 Å². The Morgan fingerprint density at radius 1 is 0.971 bits per heavy atom. The zero-order valence-electron chi connectivity index (χ0n) is 19.0. The summed E-state index contributed by atoms with van der Waals surface area (Å²) >= 11 is 6.15. The standard InChI is InChI=1S/C26H21ClN4O4/c1-34-18-10-11-23(35-2)20(13-18)28-24(32)15-30-21-8-3-4-9-22(21)31-25(33)14-19(29-26(30)31)16-6-5-7-17(27)12-16/h3-14H,15H2,1-2H3,(H,28,32). The van der Waals surface area contributed by atoms with E-state index in [-0.39, 0.29) is 18.0 Å². The molecule has 2 heterocycles. The molecule has 0 saturated carbocycles. The van der Waals surface area contributed by atoms with Crippen LogP contribution in [0.25, 0.3) is 28.1 Å². The van der Waals surface area contributed by atoms with Crippen LogP contribution in [0.15, 0.2) is 77.6 Å². The van der Waals surface area contributed by atoms with Gasteiger partial charge in [0.15, 0.2) is 0 Å². The van der Waals surface area contributed by atoms with Gasteiger partial charge in [0.25, 0.3) is 5.56 Å². The number of rotatable bonds is 6. The monoisotopic (exact) mass is 488 g/mol. The summed E-state index contributed by atoms with van der Waals surface area (Å²) in [7, 11) is 3.07. The van der Waals surface area contributed by atoms with Crippen molar-refractivity contribution in [3.63, 3.8) is 0 Å². The topological polar surface area (TPSA) is 86.9 Å². The third kappa shape index (κ3) is 4.20.